The Morgan fingerprint density at radius 3 is 3.09 bits per heavy atom. The Kier molecular flexibility index (Phi) is 2.13. The Balaban J connectivity index is 2.49. The van der Waals surface area contributed by atoms with Gasteiger partial charge in [0.05, 0.1) is 0 Å². The van der Waals surface area contributed by atoms with Crippen molar-refractivity contribution in [3.63, 3.8) is 0 Å². The molecule has 1 radical (unpaired) electrons. The summed E-state index contributed by atoms with van der Waals surface area (Å²) in [6.07, 6.45) is 1.13. The van der Waals surface area contributed by atoms with Gasteiger partial charge >= 0.3 is 0 Å². The highest BCUT2D eigenvalue weighted by atomic mass is 127. The SMILES string of the molecule is Ic1cccc2c1C[N]CC2. The van der Waals surface area contributed by atoms with Gasteiger partial charge in [-0.1, -0.05) is 12.1 Å². The number of hydrogen-bond acceptors (Lipinski definition) is 0. The van der Waals surface area contributed by atoms with Crippen LogP contribution in [0.4, 0.5) is 0 Å². The van der Waals surface area contributed by atoms with E-state index in [2.05, 4.69) is 46.1 Å². The number of benzene rings is 1. The number of rotatable bonds is 0. The van der Waals surface area contributed by atoms with Crippen molar-refractivity contribution in [1.29, 1.82) is 0 Å². The molecule has 1 aromatic rings. The highest BCUT2D eigenvalue weighted by molar-refractivity contribution is 14.1. The molecule has 0 unspecified atom stereocenters. The lowest BCUT2D eigenvalue weighted by Gasteiger charge is -2.16. The monoisotopic (exact) mass is 258 g/mol. The zero-order valence-corrected chi connectivity index (χ0v) is 8.34. The predicted octanol–water partition coefficient (Wildman–Crippen LogP) is 1.95. The third-order valence-electron chi connectivity index (χ3n) is 2.03. The Morgan fingerprint density at radius 1 is 1.36 bits per heavy atom. The van der Waals surface area contributed by atoms with Gasteiger partial charge in [0.15, 0.2) is 0 Å². The molecule has 0 aromatic heterocycles. The first-order valence-corrected chi connectivity index (χ1v) is 4.85. The Bertz CT molecular complexity index is 270. The molecule has 0 saturated carbocycles. The molecule has 0 N–H and O–H groups in total. The topological polar surface area (TPSA) is 14.1 Å². The Labute approximate surface area is 80.3 Å². The second-order valence-corrected chi connectivity index (χ2v) is 3.90. The fourth-order valence-electron chi connectivity index (χ4n) is 1.40. The largest absolute Gasteiger partial charge is 0.237 e. The molecule has 0 aliphatic carbocycles. The van der Waals surface area contributed by atoms with Crippen molar-refractivity contribution in [1.82, 2.24) is 5.32 Å². The van der Waals surface area contributed by atoms with Gasteiger partial charge in [-0.15, -0.1) is 0 Å². The molecule has 0 saturated heterocycles. The van der Waals surface area contributed by atoms with Crippen molar-refractivity contribution in [2.45, 2.75) is 13.0 Å². The summed E-state index contributed by atoms with van der Waals surface area (Å²) in [7, 11) is 0. The molecule has 2 heteroatoms. The summed E-state index contributed by atoms with van der Waals surface area (Å²) >= 11 is 2.38. The molecular formula is C9H9IN. The Morgan fingerprint density at radius 2 is 2.27 bits per heavy atom. The molecule has 0 amide bonds. The maximum absolute atomic E-state index is 4.37. The molecule has 0 fully saturated rings. The minimum Gasteiger partial charge on any atom is -0.237 e. The minimum absolute atomic E-state index is 0.925. The first-order chi connectivity index (χ1) is 5.38. The van der Waals surface area contributed by atoms with Crippen LogP contribution in [0.5, 0.6) is 0 Å². The van der Waals surface area contributed by atoms with Crippen LogP contribution in [0, 0.1) is 3.57 Å². The lowest BCUT2D eigenvalue weighted by Crippen LogP contribution is -2.18. The smallest absolute Gasteiger partial charge is 0.0397 e. The van der Waals surface area contributed by atoms with E-state index in [0.29, 0.717) is 0 Å². The second-order valence-electron chi connectivity index (χ2n) is 2.73. The predicted molar refractivity (Wildman–Crippen MR) is 53.6 cm³/mol. The number of halogens is 1. The maximum atomic E-state index is 4.37. The van der Waals surface area contributed by atoms with Crippen LogP contribution in [0.2, 0.25) is 0 Å². The summed E-state index contributed by atoms with van der Waals surface area (Å²) in [6, 6.07) is 6.50. The molecule has 11 heavy (non-hydrogen) atoms. The third kappa shape index (κ3) is 1.42. The third-order valence-corrected chi connectivity index (χ3v) is 3.04. The van der Waals surface area contributed by atoms with E-state index >= 15 is 0 Å². The molecule has 57 valence electrons. The van der Waals surface area contributed by atoms with Crippen molar-refractivity contribution in [3.8, 4) is 0 Å². The van der Waals surface area contributed by atoms with E-state index in [1.54, 1.807) is 0 Å². The van der Waals surface area contributed by atoms with Crippen LogP contribution in [0.1, 0.15) is 11.1 Å². The first kappa shape index (κ1) is 7.55. The number of nitrogens with zero attached hydrogens (tertiary/aromatic N) is 1. The van der Waals surface area contributed by atoms with E-state index < -0.39 is 0 Å². The molecule has 1 aromatic carbocycles. The van der Waals surface area contributed by atoms with Crippen LogP contribution in [-0.4, -0.2) is 6.54 Å². The van der Waals surface area contributed by atoms with Crippen molar-refractivity contribution in [2.24, 2.45) is 0 Å². The normalized spacial score (nSPS) is 16.1. The molecule has 2 rings (SSSR count). The van der Waals surface area contributed by atoms with Crippen LogP contribution < -0.4 is 5.32 Å². The lowest BCUT2D eigenvalue weighted by molar-refractivity contribution is 0.627. The fourth-order valence-corrected chi connectivity index (χ4v) is 2.13. The summed E-state index contributed by atoms with van der Waals surface area (Å²) in [6.45, 7) is 1.93. The molecule has 1 heterocycles. The van der Waals surface area contributed by atoms with Crippen LogP contribution >= 0.6 is 22.6 Å². The molecular weight excluding hydrogens is 249 g/mol. The van der Waals surface area contributed by atoms with E-state index in [0.717, 1.165) is 19.5 Å². The minimum atomic E-state index is 0.925. The molecule has 0 atom stereocenters. The van der Waals surface area contributed by atoms with Gasteiger partial charge in [-0.25, -0.2) is 5.32 Å². The quantitative estimate of drug-likeness (QED) is 0.631. The van der Waals surface area contributed by atoms with Crippen LogP contribution in [0.25, 0.3) is 0 Å². The highest BCUT2D eigenvalue weighted by Gasteiger charge is 2.10. The summed E-state index contributed by atoms with van der Waals surface area (Å²) in [5.74, 6) is 0. The number of hydrogen-bond donors (Lipinski definition) is 0. The van der Waals surface area contributed by atoms with Crippen molar-refractivity contribution in [2.75, 3.05) is 6.54 Å². The molecule has 0 bridgehead atoms. The fraction of sp³-hybridized carbons (Fsp3) is 0.333. The van der Waals surface area contributed by atoms with Gasteiger partial charge in [0.2, 0.25) is 0 Å². The average molecular weight is 258 g/mol. The first-order valence-electron chi connectivity index (χ1n) is 3.77. The van der Waals surface area contributed by atoms with E-state index in [1.807, 2.05) is 0 Å². The van der Waals surface area contributed by atoms with E-state index in [-0.39, 0.29) is 0 Å². The van der Waals surface area contributed by atoms with E-state index in [4.69, 9.17) is 0 Å². The van der Waals surface area contributed by atoms with Crippen molar-refractivity contribution < 1.29 is 0 Å². The van der Waals surface area contributed by atoms with Gasteiger partial charge in [0.25, 0.3) is 0 Å². The standard InChI is InChI=1S/C9H9IN/c10-9-3-1-2-7-4-5-11-6-8(7)9/h1-3H,4-6H2. The summed E-state index contributed by atoms with van der Waals surface area (Å²) in [5, 5.41) is 4.37. The van der Waals surface area contributed by atoms with E-state index in [1.165, 1.54) is 14.7 Å². The van der Waals surface area contributed by atoms with Gasteiger partial charge in [0.1, 0.15) is 0 Å². The summed E-state index contributed by atoms with van der Waals surface area (Å²) in [5.41, 5.74) is 2.94. The van der Waals surface area contributed by atoms with Gasteiger partial charge in [-0.2, -0.15) is 0 Å². The second kappa shape index (κ2) is 3.11. The summed E-state index contributed by atoms with van der Waals surface area (Å²) < 4.78 is 1.36. The maximum Gasteiger partial charge on any atom is 0.0397 e. The number of fused-ring (bicyclic) bond motifs is 1. The van der Waals surface area contributed by atoms with Gasteiger partial charge in [-0.05, 0) is 46.2 Å². The molecule has 0 spiro atoms. The lowest BCUT2D eigenvalue weighted by atomic mass is 10.0. The van der Waals surface area contributed by atoms with Crippen LogP contribution in [0.15, 0.2) is 18.2 Å². The van der Waals surface area contributed by atoms with Gasteiger partial charge in [0, 0.05) is 16.7 Å². The molecule has 1 nitrogen and oxygen atoms in total. The average Bonchev–Trinajstić information content (AvgIpc) is 2.06. The zero-order chi connectivity index (χ0) is 7.68. The van der Waals surface area contributed by atoms with Gasteiger partial charge < -0.3 is 0 Å². The highest BCUT2D eigenvalue weighted by Crippen LogP contribution is 2.20. The Hall–Kier alpha value is -0.0900. The van der Waals surface area contributed by atoms with Crippen LogP contribution in [-0.2, 0) is 13.0 Å². The summed E-state index contributed by atoms with van der Waals surface area (Å²) in [4.78, 5) is 0. The molecule has 1 aliphatic heterocycles. The van der Waals surface area contributed by atoms with Crippen LogP contribution in [0.3, 0.4) is 0 Å². The van der Waals surface area contributed by atoms with Gasteiger partial charge in [-0.3, -0.25) is 0 Å². The van der Waals surface area contributed by atoms with Crippen molar-refractivity contribution in [3.05, 3.63) is 32.9 Å². The zero-order valence-electron chi connectivity index (χ0n) is 6.18. The molecule has 1 aliphatic rings. The van der Waals surface area contributed by atoms with Crippen molar-refractivity contribution >= 4 is 22.6 Å². The van der Waals surface area contributed by atoms with E-state index in [9.17, 15) is 0 Å².